The number of hydrogen-bond acceptors (Lipinski definition) is 3. The highest BCUT2D eigenvalue weighted by Gasteiger charge is 2.26. The van der Waals surface area contributed by atoms with Crippen molar-refractivity contribution < 1.29 is 0 Å². The lowest BCUT2D eigenvalue weighted by atomic mass is 10.1. The van der Waals surface area contributed by atoms with Crippen LogP contribution in [0, 0.1) is 19.8 Å². The van der Waals surface area contributed by atoms with Crippen LogP contribution in [0.5, 0.6) is 0 Å². The Balaban J connectivity index is 0.000000278. The lowest BCUT2D eigenvalue weighted by Gasteiger charge is -2.04. The first-order valence-electron chi connectivity index (χ1n) is 14.2. The molecule has 0 atom stereocenters. The van der Waals surface area contributed by atoms with Gasteiger partial charge in [-0.1, -0.05) is 124 Å². The summed E-state index contributed by atoms with van der Waals surface area (Å²) < 4.78 is 0. The highest BCUT2D eigenvalue weighted by Crippen LogP contribution is 2.35. The number of anilines is 1. The summed E-state index contributed by atoms with van der Waals surface area (Å²) in [7, 11) is 1.92. The van der Waals surface area contributed by atoms with Crippen LogP contribution >= 0.6 is 11.8 Å². The fourth-order valence-electron chi connectivity index (χ4n) is 3.68. The van der Waals surface area contributed by atoms with Crippen molar-refractivity contribution in [1.82, 2.24) is 4.90 Å². The second-order valence-corrected chi connectivity index (χ2v) is 11.0. The molecule has 0 aliphatic carbocycles. The molecule has 4 rings (SSSR count). The van der Waals surface area contributed by atoms with E-state index in [9.17, 15) is 0 Å². The van der Waals surface area contributed by atoms with Crippen LogP contribution in [0.2, 0.25) is 0 Å². The monoisotopic (exact) mass is 532 g/mol. The van der Waals surface area contributed by atoms with Gasteiger partial charge >= 0.3 is 0 Å². The molecule has 1 heterocycles. The molecule has 0 spiro atoms. The summed E-state index contributed by atoms with van der Waals surface area (Å²) in [6, 6.07) is 29.3. The van der Waals surface area contributed by atoms with Crippen LogP contribution in [0.3, 0.4) is 0 Å². The van der Waals surface area contributed by atoms with Crippen molar-refractivity contribution in [3.05, 3.63) is 112 Å². The van der Waals surface area contributed by atoms with Crippen molar-refractivity contribution in [3.63, 3.8) is 0 Å². The molecule has 0 unspecified atom stereocenters. The largest absolute Gasteiger partial charge is 0.388 e. The van der Waals surface area contributed by atoms with Crippen LogP contribution in [0.1, 0.15) is 70.6 Å². The number of nitrogens with one attached hydrogen (secondary N) is 1. The Morgan fingerprint density at radius 1 is 0.816 bits per heavy atom. The molecule has 3 aromatic rings. The predicted molar refractivity (Wildman–Crippen MR) is 174 cm³/mol. The van der Waals surface area contributed by atoms with Gasteiger partial charge in [-0.05, 0) is 50.8 Å². The fraction of sp³-hybridized carbons (Fsp3) is 0.429. The van der Waals surface area contributed by atoms with Gasteiger partial charge in [-0.3, -0.25) is 0 Å². The first kappa shape index (κ1) is 33.4. The Morgan fingerprint density at radius 2 is 1.37 bits per heavy atom. The summed E-state index contributed by atoms with van der Waals surface area (Å²) in [5.74, 6) is 2.00. The van der Waals surface area contributed by atoms with Gasteiger partial charge in [-0.15, -0.1) is 11.8 Å². The SMILES string of the molecule is CC/C(SCc1ccccc1)=C1\CN1CC.CCCC(C)C.CNc1ccc(C)cc1.Cc1ccccc1. The van der Waals surface area contributed by atoms with Gasteiger partial charge in [0.2, 0.25) is 0 Å². The number of thioether (sulfide) groups is 1. The Morgan fingerprint density at radius 3 is 1.74 bits per heavy atom. The fourth-order valence-corrected chi connectivity index (χ4v) is 4.78. The molecule has 0 saturated carbocycles. The third-order valence-corrected chi connectivity index (χ3v) is 7.40. The minimum Gasteiger partial charge on any atom is -0.388 e. The summed E-state index contributed by atoms with van der Waals surface area (Å²) in [4.78, 5) is 4.02. The Kier molecular flexibility index (Phi) is 17.9. The molecule has 1 saturated heterocycles. The van der Waals surface area contributed by atoms with Crippen LogP contribution in [0.4, 0.5) is 5.69 Å². The first-order chi connectivity index (χ1) is 18.3. The third kappa shape index (κ3) is 15.6. The molecule has 2 nitrogen and oxygen atoms in total. The molecule has 208 valence electrons. The molecule has 3 aromatic carbocycles. The molecule has 1 aliphatic heterocycles. The highest BCUT2D eigenvalue weighted by atomic mass is 32.2. The van der Waals surface area contributed by atoms with Crippen LogP contribution < -0.4 is 5.32 Å². The summed E-state index contributed by atoms with van der Waals surface area (Å²) in [5, 5.41) is 3.05. The molecular weight excluding hydrogens is 480 g/mol. The number of rotatable bonds is 8. The van der Waals surface area contributed by atoms with E-state index in [0.717, 1.165) is 18.2 Å². The lowest BCUT2D eigenvalue weighted by Crippen LogP contribution is -1.92. The number of allylic oxidation sites excluding steroid dienone is 1. The zero-order chi connectivity index (χ0) is 28.2. The van der Waals surface area contributed by atoms with E-state index in [4.69, 9.17) is 0 Å². The number of aryl methyl sites for hydroxylation is 2. The molecule has 1 aliphatic rings. The van der Waals surface area contributed by atoms with Crippen molar-refractivity contribution in [3.8, 4) is 0 Å². The molecule has 38 heavy (non-hydrogen) atoms. The van der Waals surface area contributed by atoms with Gasteiger partial charge in [0.15, 0.2) is 0 Å². The van der Waals surface area contributed by atoms with Crippen LogP contribution in [0.25, 0.3) is 0 Å². The third-order valence-electron chi connectivity index (χ3n) is 6.05. The Hall–Kier alpha value is -2.65. The predicted octanol–water partition coefficient (Wildman–Crippen LogP) is 10.4. The van der Waals surface area contributed by atoms with Gasteiger partial charge in [0, 0.05) is 35.6 Å². The van der Waals surface area contributed by atoms with Crippen molar-refractivity contribution >= 4 is 17.4 Å². The molecule has 3 heteroatoms. The van der Waals surface area contributed by atoms with E-state index < -0.39 is 0 Å². The van der Waals surface area contributed by atoms with E-state index in [2.05, 4.69) is 125 Å². The zero-order valence-corrected chi connectivity index (χ0v) is 26.1. The minimum atomic E-state index is 0.898. The molecule has 0 radical (unpaired) electrons. The highest BCUT2D eigenvalue weighted by molar-refractivity contribution is 8.02. The normalized spacial score (nSPS) is 12.7. The maximum absolute atomic E-state index is 3.05. The number of benzene rings is 3. The Labute approximate surface area is 239 Å². The van der Waals surface area contributed by atoms with E-state index in [0.29, 0.717) is 0 Å². The van der Waals surface area contributed by atoms with E-state index in [1.54, 1.807) is 10.6 Å². The molecule has 1 fully saturated rings. The Bertz CT molecular complexity index is 995. The average Bonchev–Trinajstić information content (AvgIpc) is 3.71. The number of hydrogen-bond donors (Lipinski definition) is 1. The maximum Gasteiger partial charge on any atom is 0.0584 e. The average molecular weight is 533 g/mol. The summed E-state index contributed by atoms with van der Waals surface area (Å²) in [6.45, 7) is 17.7. The first-order valence-corrected chi connectivity index (χ1v) is 15.2. The van der Waals surface area contributed by atoms with E-state index >= 15 is 0 Å². The number of nitrogens with zero attached hydrogens (tertiary/aromatic N) is 1. The lowest BCUT2D eigenvalue weighted by molar-refractivity contribution is 0.576. The topological polar surface area (TPSA) is 15.0 Å². The van der Waals surface area contributed by atoms with Crippen LogP contribution in [0.15, 0.2) is 95.5 Å². The van der Waals surface area contributed by atoms with Crippen molar-refractivity contribution in [2.75, 3.05) is 25.5 Å². The van der Waals surface area contributed by atoms with Crippen LogP contribution in [-0.4, -0.2) is 25.0 Å². The molecule has 0 aromatic heterocycles. The standard InChI is InChI=1S/C14H19NS.C8H11N.C7H8.C6H14/c1-3-14(13-10-15(13)4-2)16-11-12-8-6-5-7-9-12;1-7-3-5-8(9-2)6-4-7;1-7-5-3-2-4-6-7;1-4-5-6(2)3/h5-9H,3-4,10-11H2,1-2H3;3-6,9H,1-2H3;2-6H,1H3;6H,4-5H2,1-3H3/b14-13-;;;. The smallest absolute Gasteiger partial charge is 0.0584 e. The quantitative estimate of drug-likeness (QED) is 0.290. The molecule has 0 bridgehead atoms. The summed E-state index contributed by atoms with van der Waals surface area (Å²) in [5.41, 5.74) is 6.78. The number of likely N-dealkylation sites (N-methyl/N-ethyl adjacent to an activating group) is 1. The summed E-state index contributed by atoms with van der Waals surface area (Å²) >= 11 is 2.00. The minimum absolute atomic E-state index is 0.898. The van der Waals surface area contributed by atoms with Crippen molar-refractivity contribution in [1.29, 1.82) is 0 Å². The second kappa shape index (κ2) is 20.3. The van der Waals surface area contributed by atoms with E-state index in [1.165, 1.54) is 48.2 Å². The van der Waals surface area contributed by atoms with Gasteiger partial charge in [0.05, 0.1) is 6.54 Å². The molecule has 1 N–H and O–H groups in total. The summed E-state index contributed by atoms with van der Waals surface area (Å²) in [6.07, 6.45) is 3.88. The maximum atomic E-state index is 3.05. The van der Waals surface area contributed by atoms with Gasteiger partial charge in [0.25, 0.3) is 0 Å². The molecular formula is C35H52N2S. The zero-order valence-electron chi connectivity index (χ0n) is 25.3. The van der Waals surface area contributed by atoms with Crippen LogP contribution in [-0.2, 0) is 5.75 Å². The van der Waals surface area contributed by atoms with Gasteiger partial charge in [0.1, 0.15) is 0 Å². The van der Waals surface area contributed by atoms with Gasteiger partial charge in [-0.2, -0.15) is 0 Å². The van der Waals surface area contributed by atoms with Crippen molar-refractivity contribution in [2.45, 2.75) is 73.5 Å². The molecule has 0 amide bonds. The van der Waals surface area contributed by atoms with E-state index in [1.807, 2.05) is 37.0 Å². The second-order valence-electron chi connectivity index (χ2n) is 9.97. The van der Waals surface area contributed by atoms with E-state index in [-0.39, 0.29) is 0 Å². The van der Waals surface area contributed by atoms with Gasteiger partial charge in [-0.25, -0.2) is 0 Å². The van der Waals surface area contributed by atoms with Gasteiger partial charge < -0.3 is 10.2 Å². The van der Waals surface area contributed by atoms with Crippen molar-refractivity contribution in [2.24, 2.45) is 5.92 Å².